The largest absolute Gasteiger partial charge is 0.319 e. The second-order valence-electron chi connectivity index (χ2n) is 4.79. The van der Waals surface area contributed by atoms with Crippen molar-refractivity contribution in [2.45, 2.75) is 11.8 Å². The third-order valence-corrected chi connectivity index (χ3v) is 6.79. The standard InChI is InChI=1S/C15H15FN2OS3/c16-12-4-2-1-3-11(12)9-18-5-6-22-15(18)17-14(19)13-10-20-7-8-21-13/h1-6,13H,7-10H2. The maximum atomic E-state index is 13.8. The number of benzene rings is 1. The Morgan fingerprint density at radius 2 is 2.23 bits per heavy atom. The van der Waals surface area contributed by atoms with Gasteiger partial charge >= 0.3 is 0 Å². The van der Waals surface area contributed by atoms with E-state index in [1.165, 1.54) is 17.4 Å². The quantitative estimate of drug-likeness (QED) is 0.850. The van der Waals surface area contributed by atoms with E-state index in [0.29, 0.717) is 16.9 Å². The number of carbonyl (C=O) groups excluding carboxylic acids is 1. The lowest BCUT2D eigenvalue weighted by atomic mass is 10.2. The molecule has 1 aromatic heterocycles. The van der Waals surface area contributed by atoms with E-state index in [-0.39, 0.29) is 17.0 Å². The van der Waals surface area contributed by atoms with Crippen molar-refractivity contribution < 1.29 is 9.18 Å². The highest BCUT2D eigenvalue weighted by atomic mass is 32.2. The molecule has 2 aromatic rings. The zero-order valence-corrected chi connectivity index (χ0v) is 14.2. The fourth-order valence-corrected chi connectivity index (χ4v) is 5.38. The first-order valence-electron chi connectivity index (χ1n) is 6.89. The lowest BCUT2D eigenvalue weighted by Crippen LogP contribution is -2.26. The summed E-state index contributed by atoms with van der Waals surface area (Å²) in [6.07, 6.45) is 1.84. The summed E-state index contributed by atoms with van der Waals surface area (Å²) in [6, 6.07) is 6.67. The van der Waals surface area contributed by atoms with Gasteiger partial charge in [0.1, 0.15) is 5.82 Å². The van der Waals surface area contributed by atoms with Crippen molar-refractivity contribution in [2.24, 2.45) is 4.99 Å². The number of thioether (sulfide) groups is 2. The number of hydrogen-bond donors (Lipinski definition) is 0. The molecule has 1 atom stereocenters. The monoisotopic (exact) mass is 354 g/mol. The third-order valence-electron chi connectivity index (χ3n) is 3.26. The molecule has 1 aliphatic rings. The molecule has 22 heavy (non-hydrogen) atoms. The number of rotatable bonds is 3. The van der Waals surface area contributed by atoms with E-state index in [9.17, 15) is 9.18 Å². The van der Waals surface area contributed by atoms with E-state index in [1.807, 2.05) is 22.2 Å². The van der Waals surface area contributed by atoms with Gasteiger partial charge in [0.2, 0.25) is 0 Å². The highest BCUT2D eigenvalue weighted by molar-refractivity contribution is 8.07. The summed E-state index contributed by atoms with van der Waals surface area (Å²) in [7, 11) is 0. The van der Waals surface area contributed by atoms with Crippen LogP contribution in [0.4, 0.5) is 4.39 Å². The summed E-state index contributed by atoms with van der Waals surface area (Å²) < 4.78 is 15.6. The van der Waals surface area contributed by atoms with Gasteiger partial charge in [0.05, 0.1) is 11.8 Å². The maximum absolute atomic E-state index is 13.8. The Morgan fingerprint density at radius 3 is 3.00 bits per heavy atom. The molecule has 3 nitrogen and oxygen atoms in total. The normalized spacial score (nSPS) is 19.3. The Labute approximate surface area is 140 Å². The SMILES string of the molecule is O=C(N=c1sccn1Cc1ccccc1F)C1CSCCS1. The fourth-order valence-electron chi connectivity index (χ4n) is 2.11. The Kier molecular flexibility index (Phi) is 5.38. The molecule has 0 spiro atoms. The van der Waals surface area contributed by atoms with E-state index in [4.69, 9.17) is 0 Å². The van der Waals surface area contributed by atoms with Crippen LogP contribution in [0.3, 0.4) is 0 Å². The summed E-state index contributed by atoms with van der Waals surface area (Å²) in [5.74, 6) is 2.60. The van der Waals surface area contributed by atoms with Crippen molar-refractivity contribution in [1.29, 1.82) is 0 Å². The zero-order chi connectivity index (χ0) is 15.4. The molecule has 0 bridgehead atoms. The van der Waals surface area contributed by atoms with Crippen LogP contribution in [0.5, 0.6) is 0 Å². The van der Waals surface area contributed by atoms with Crippen LogP contribution in [0.1, 0.15) is 5.56 Å². The van der Waals surface area contributed by atoms with Gasteiger partial charge in [0.15, 0.2) is 4.80 Å². The molecule has 7 heteroatoms. The van der Waals surface area contributed by atoms with Gasteiger partial charge in [-0.25, -0.2) is 4.39 Å². The molecule has 0 saturated carbocycles. The van der Waals surface area contributed by atoms with Crippen molar-refractivity contribution in [3.05, 3.63) is 52.0 Å². The highest BCUT2D eigenvalue weighted by Gasteiger charge is 2.21. The van der Waals surface area contributed by atoms with Crippen molar-refractivity contribution in [3.63, 3.8) is 0 Å². The van der Waals surface area contributed by atoms with Crippen molar-refractivity contribution >= 4 is 40.8 Å². The minimum Gasteiger partial charge on any atom is -0.319 e. The van der Waals surface area contributed by atoms with E-state index < -0.39 is 0 Å². The summed E-state index contributed by atoms with van der Waals surface area (Å²) in [4.78, 5) is 17.1. The molecule has 1 aliphatic heterocycles. The highest BCUT2D eigenvalue weighted by Crippen LogP contribution is 2.24. The van der Waals surface area contributed by atoms with Crippen molar-refractivity contribution in [2.75, 3.05) is 17.3 Å². The van der Waals surface area contributed by atoms with Crippen LogP contribution in [-0.2, 0) is 11.3 Å². The second kappa shape index (κ2) is 7.48. The molecule has 2 heterocycles. The van der Waals surface area contributed by atoms with E-state index in [2.05, 4.69) is 4.99 Å². The molecule has 1 saturated heterocycles. The minimum atomic E-state index is -0.238. The van der Waals surface area contributed by atoms with Crippen LogP contribution in [0, 0.1) is 5.82 Å². The summed E-state index contributed by atoms with van der Waals surface area (Å²) in [6.45, 7) is 0.384. The molecule has 0 aliphatic carbocycles. The summed E-state index contributed by atoms with van der Waals surface area (Å²) in [5, 5.41) is 1.82. The van der Waals surface area contributed by atoms with Crippen LogP contribution in [0.2, 0.25) is 0 Å². The molecule has 116 valence electrons. The average molecular weight is 354 g/mol. The van der Waals surface area contributed by atoms with Crippen molar-refractivity contribution in [3.8, 4) is 0 Å². The summed E-state index contributed by atoms with van der Waals surface area (Å²) in [5.41, 5.74) is 0.595. The number of thiazole rings is 1. The first-order chi connectivity index (χ1) is 10.7. The molecule has 1 amide bonds. The van der Waals surface area contributed by atoms with Gasteiger partial charge in [-0.1, -0.05) is 18.2 Å². The van der Waals surface area contributed by atoms with Gasteiger partial charge in [-0.2, -0.15) is 16.8 Å². The molecule has 1 unspecified atom stereocenters. The summed E-state index contributed by atoms with van der Waals surface area (Å²) >= 11 is 4.88. The van der Waals surface area contributed by atoms with E-state index in [1.54, 1.807) is 35.7 Å². The fraction of sp³-hybridized carbons (Fsp3) is 0.333. The van der Waals surface area contributed by atoms with Crippen LogP contribution in [0.25, 0.3) is 0 Å². The number of hydrogen-bond acceptors (Lipinski definition) is 4. The first-order valence-corrected chi connectivity index (χ1v) is 9.97. The number of nitrogens with zero attached hydrogens (tertiary/aromatic N) is 2. The maximum Gasteiger partial charge on any atom is 0.262 e. The molecule has 1 fully saturated rings. The predicted molar refractivity (Wildman–Crippen MR) is 92.0 cm³/mol. The average Bonchev–Trinajstić information content (AvgIpc) is 2.97. The van der Waals surface area contributed by atoms with Gasteiger partial charge in [0, 0.05) is 34.4 Å². The molecule has 0 N–H and O–H groups in total. The van der Waals surface area contributed by atoms with Gasteiger partial charge in [-0.15, -0.1) is 23.1 Å². The smallest absolute Gasteiger partial charge is 0.262 e. The lowest BCUT2D eigenvalue weighted by molar-refractivity contribution is -0.117. The van der Waals surface area contributed by atoms with Gasteiger partial charge in [-0.3, -0.25) is 4.79 Å². The minimum absolute atomic E-state index is 0.0530. The van der Waals surface area contributed by atoms with Crippen LogP contribution < -0.4 is 4.80 Å². The number of aromatic nitrogens is 1. The van der Waals surface area contributed by atoms with Crippen LogP contribution >= 0.6 is 34.9 Å². The molecular formula is C15H15FN2OS3. The zero-order valence-electron chi connectivity index (χ0n) is 11.8. The van der Waals surface area contributed by atoms with Gasteiger partial charge in [-0.05, 0) is 6.07 Å². The topological polar surface area (TPSA) is 34.4 Å². The number of amides is 1. The second-order valence-corrected chi connectivity index (χ2v) is 8.12. The molecule has 3 rings (SSSR count). The predicted octanol–water partition coefficient (Wildman–Crippen LogP) is 3.01. The molecular weight excluding hydrogens is 339 g/mol. The van der Waals surface area contributed by atoms with Crippen molar-refractivity contribution in [1.82, 2.24) is 4.57 Å². The van der Waals surface area contributed by atoms with Gasteiger partial charge < -0.3 is 4.57 Å². The van der Waals surface area contributed by atoms with E-state index in [0.717, 1.165) is 17.3 Å². The molecule has 0 radical (unpaired) electrons. The van der Waals surface area contributed by atoms with E-state index >= 15 is 0 Å². The Morgan fingerprint density at radius 1 is 1.36 bits per heavy atom. The number of carbonyl (C=O) groups is 1. The van der Waals surface area contributed by atoms with Gasteiger partial charge in [0.25, 0.3) is 5.91 Å². The Hall–Kier alpha value is -1.05. The van der Waals surface area contributed by atoms with Crippen LogP contribution in [-0.4, -0.2) is 33.0 Å². The molecule has 1 aromatic carbocycles. The Bertz CT molecular complexity index is 719. The number of halogens is 1. The Balaban J connectivity index is 1.81. The van der Waals surface area contributed by atoms with Crippen LogP contribution in [0.15, 0.2) is 40.8 Å². The third kappa shape index (κ3) is 3.83. The first kappa shape index (κ1) is 15.8. The lowest BCUT2D eigenvalue weighted by Gasteiger charge is -2.17.